The van der Waals surface area contributed by atoms with Crippen LogP contribution >= 0.6 is 0 Å². The predicted molar refractivity (Wildman–Crippen MR) is 130 cm³/mol. The van der Waals surface area contributed by atoms with Gasteiger partial charge in [-0.15, -0.1) is 0 Å². The smallest absolute Gasteiger partial charge is 0.349 e. The van der Waals surface area contributed by atoms with E-state index in [1.807, 2.05) is 84.9 Å². The van der Waals surface area contributed by atoms with Crippen molar-refractivity contribution in [2.45, 2.75) is 6.42 Å². The van der Waals surface area contributed by atoms with Gasteiger partial charge in [0.05, 0.1) is 12.2 Å². The predicted octanol–water partition coefficient (Wildman–Crippen LogP) is 5.74. The van der Waals surface area contributed by atoms with Crippen LogP contribution in [-0.4, -0.2) is 25.2 Å². The minimum atomic E-state index is -0.537. The van der Waals surface area contributed by atoms with Crippen LogP contribution in [0.15, 0.2) is 109 Å². The van der Waals surface area contributed by atoms with E-state index in [1.165, 1.54) is 0 Å². The van der Waals surface area contributed by atoms with E-state index in [2.05, 4.69) is 0 Å². The van der Waals surface area contributed by atoms with Gasteiger partial charge in [0, 0.05) is 6.42 Å². The quantitative estimate of drug-likeness (QED) is 0.239. The molecule has 0 bridgehead atoms. The molecule has 4 rings (SSSR count). The lowest BCUT2D eigenvalue weighted by atomic mass is 10.1. The van der Waals surface area contributed by atoms with Gasteiger partial charge in [-0.25, -0.2) is 9.59 Å². The molecule has 5 nitrogen and oxygen atoms in total. The molecule has 0 radical (unpaired) electrons. The van der Waals surface area contributed by atoms with E-state index in [-0.39, 0.29) is 6.61 Å². The minimum absolute atomic E-state index is 0.228. The van der Waals surface area contributed by atoms with E-state index in [0.717, 1.165) is 16.7 Å². The van der Waals surface area contributed by atoms with Crippen molar-refractivity contribution in [1.82, 2.24) is 0 Å². The third-order valence-electron chi connectivity index (χ3n) is 5.11. The SMILES string of the molecule is O=C(COc1ccc(-c2ccccc2)cc1)Oc1ccc(C(=O)OCCc2ccccc2)cc1. The van der Waals surface area contributed by atoms with E-state index in [1.54, 1.807) is 24.3 Å². The van der Waals surface area contributed by atoms with Crippen LogP contribution in [0.5, 0.6) is 11.5 Å². The minimum Gasteiger partial charge on any atom is -0.482 e. The highest BCUT2D eigenvalue weighted by molar-refractivity contribution is 5.89. The molecule has 0 aromatic heterocycles. The summed E-state index contributed by atoms with van der Waals surface area (Å²) in [4.78, 5) is 24.3. The zero-order chi connectivity index (χ0) is 23.6. The second kappa shape index (κ2) is 11.5. The summed E-state index contributed by atoms with van der Waals surface area (Å²) >= 11 is 0. The lowest BCUT2D eigenvalue weighted by Gasteiger charge is -2.09. The molecule has 0 saturated carbocycles. The van der Waals surface area contributed by atoms with Gasteiger partial charge in [0.25, 0.3) is 0 Å². The van der Waals surface area contributed by atoms with E-state index in [0.29, 0.717) is 30.1 Å². The summed E-state index contributed by atoms with van der Waals surface area (Å²) in [6.45, 7) is 0.0667. The summed E-state index contributed by atoms with van der Waals surface area (Å²) in [6, 6.07) is 33.6. The average molecular weight is 453 g/mol. The van der Waals surface area contributed by atoms with Crippen LogP contribution in [0.2, 0.25) is 0 Å². The number of benzene rings is 4. The maximum absolute atomic E-state index is 12.2. The molecule has 34 heavy (non-hydrogen) atoms. The number of carbonyl (C=O) groups is 2. The summed E-state index contributed by atoms with van der Waals surface area (Å²) in [7, 11) is 0. The Balaban J connectivity index is 1.21. The van der Waals surface area contributed by atoms with E-state index >= 15 is 0 Å². The number of rotatable bonds is 9. The van der Waals surface area contributed by atoms with Crippen LogP contribution in [0.25, 0.3) is 11.1 Å². The van der Waals surface area contributed by atoms with E-state index in [9.17, 15) is 9.59 Å². The Morgan fingerprint density at radius 3 is 1.88 bits per heavy atom. The van der Waals surface area contributed by atoms with Gasteiger partial charge >= 0.3 is 11.9 Å². The van der Waals surface area contributed by atoms with Crippen LogP contribution in [0.1, 0.15) is 15.9 Å². The Bertz CT molecular complexity index is 1200. The Labute approximate surface area is 198 Å². The van der Waals surface area contributed by atoms with E-state index in [4.69, 9.17) is 14.2 Å². The zero-order valence-electron chi connectivity index (χ0n) is 18.6. The molecule has 0 aliphatic heterocycles. The molecule has 0 unspecified atom stereocenters. The molecule has 0 fully saturated rings. The van der Waals surface area contributed by atoms with Crippen molar-refractivity contribution >= 4 is 11.9 Å². The summed E-state index contributed by atoms with van der Waals surface area (Å²) in [6.07, 6.45) is 0.650. The fraction of sp³-hybridized carbons (Fsp3) is 0.103. The van der Waals surface area contributed by atoms with Gasteiger partial charge in [-0.3, -0.25) is 0 Å². The van der Waals surface area contributed by atoms with Crippen LogP contribution < -0.4 is 9.47 Å². The standard InChI is InChI=1S/C29H24O5/c30-28(21-33-26-15-11-24(12-16-26)23-9-5-2-6-10-23)34-27-17-13-25(14-18-27)29(31)32-20-19-22-7-3-1-4-8-22/h1-18H,19-21H2. The van der Waals surface area contributed by atoms with Crippen molar-refractivity contribution < 1.29 is 23.8 Å². The molecule has 0 aliphatic rings. The number of ether oxygens (including phenoxy) is 3. The molecule has 0 amide bonds. The first-order valence-electron chi connectivity index (χ1n) is 11.0. The van der Waals surface area contributed by atoms with Crippen molar-refractivity contribution in [2.75, 3.05) is 13.2 Å². The Morgan fingerprint density at radius 2 is 1.21 bits per heavy atom. The largest absolute Gasteiger partial charge is 0.482 e. The molecule has 4 aromatic carbocycles. The van der Waals surface area contributed by atoms with Gasteiger partial charge in [0.15, 0.2) is 6.61 Å². The highest BCUT2D eigenvalue weighted by Crippen LogP contribution is 2.22. The molecule has 0 saturated heterocycles. The second-order valence-electron chi connectivity index (χ2n) is 7.55. The van der Waals surface area contributed by atoms with Crippen molar-refractivity contribution in [3.8, 4) is 22.6 Å². The van der Waals surface area contributed by atoms with Gasteiger partial charge in [0.2, 0.25) is 0 Å². The van der Waals surface area contributed by atoms with Gasteiger partial charge in [-0.05, 0) is 53.1 Å². The highest BCUT2D eigenvalue weighted by atomic mass is 16.6. The number of carbonyl (C=O) groups excluding carboxylic acids is 2. The molecule has 0 N–H and O–H groups in total. The number of hydrogen-bond donors (Lipinski definition) is 0. The van der Waals surface area contributed by atoms with E-state index < -0.39 is 11.9 Å². The molecule has 0 spiro atoms. The number of hydrogen-bond acceptors (Lipinski definition) is 5. The second-order valence-corrected chi connectivity index (χ2v) is 7.55. The zero-order valence-corrected chi connectivity index (χ0v) is 18.6. The third-order valence-corrected chi connectivity index (χ3v) is 5.11. The summed E-state index contributed by atoms with van der Waals surface area (Å²) in [5, 5.41) is 0. The maximum Gasteiger partial charge on any atom is 0.349 e. The molecule has 0 aliphatic carbocycles. The Kier molecular flexibility index (Phi) is 7.70. The first-order valence-corrected chi connectivity index (χ1v) is 11.0. The summed E-state index contributed by atoms with van der Waals surface area (Å²) in [5.74, 6) is -0.0551. The average Bonchev–Trinajstić information content (AvgIpc) is 2.89. The van der Waals surface area contributed by atoms with Crippen LogP contribution in [0.3, 0.4) is 0 Å². The van der Waals surface area contributed by atoms with Gasteiger partial charge in [-0.1, -0.05) is 72.8 Å². The van der Waals surface area contributed by atoms with Crippen LogP contribution in [0, 0.1) is 0 Å². The van der Waals surface area contributed by atoms with Crippen LogP contribution in [-0.2, 0) is 16.0 Å². The van der Waals surface area contributed by atoms with Crippen LogP contribution in [0.4, 0.5) is 0 Å². The lowest BCUT2D eigenvalue weighted by molar-refractivity contribution is -0.136. The Hall–Kier alpha value is -4.38. The molecular formula is C29H24O5. The lowest BCUT2D eigenvalue weighted by Crippen LogP contribution is -2.17. The first-order chi connectivity index (χ1) is 16.7. The fourth-order valence-electron chi connectivity index (χ4n) is 3.33. The number of esters is 2. The fourth-order valence-corrected chi connectivity index (χ4v) is 3.33. The molecule has 0 heterocycles. The third kappa shape index (κ3) is 6.56. The van der Waals surface area contributed by atoms with Crippen molar-refractivity contribution in [1.29, 1.82) is 0 Å². The normalized spacial score (nSPS) is 10.4. The summed E-state index contributed by atoms with van der Waals surface area (Å²) in [5.41, 5.74) is 3.67. The van der Waals surface area contributed by atoms with Gasteiger partial charge in [0.1, 0.15) is 11.5 Å². The van der Waals surface area contributed by atoms with Gasteiger partial charge < -0.3 is 14.2 Å². The molecule has 5 heteroatoms. The molecule has 0 atom stereocenters. The van der Waals surface area contributed by atoms with Crippen molar-refractivity contribution in [2.24, 2.45) is 0 Å². The molecule has 170 valence electrons. The topological polar surface area (TPSA) is 61.8 Å². The maximum atomic E-state index is 12.2. The summed E-state index contributed by atoms with van der Waals surface area (Å²) < 4.78 is 16.1. The first kappa shape index (κ1) is 22.8. The van der Waals surface area contributed by atoms with Crippen molar-refractivity contribution in [3.05, 3.63) is 120 Å². The molecule has 4 aromatic rings. The monoisotopic (exact) mass is 452 g/mol. The highest BCUT2D eigenvalue weighted by Gasteiger charge is 2.10. The van der Waals surface area contributed by atoms with Crippen molar-refractivity contribution in [3.63, 3.8) is 0 Å². The Morgan fingerprint density at radius 1 is 0.618 bits per heavy atom. The van der Waals surface area contributed by atoms with Gasteiger partial charge in [-0.2, -0.15) is 0 Å². The molecular weight excluding hydrogens is 428 g/mol.